The maximum Gasteiger partial charge on any atom is 0.235 e. The van der Waals surface area contributed by atoms with Gasteiger partial charge in [-0.1, -0.05) is 12.1 Å². The van der Waals surface area contributed by atoms with E-state index in [-0.39, 0.29) is 17.9 Å². The molecule has 0 fully saturated rings. The molecule has 0 aliphatic carbocycles. The smallest absolute Gasteiger partial charge is 0.235 e. The average molecular weight is 256 g/mol. The molecule has 0 aromatic heterocycles. The Morgan fingerprint density at radius 1 is 1.47 bits per heavy atom. The molecule has 1 rings (SSSR count). The third-order valence-corrected chi connectivity index (χ3v) is 2.62. The van der Waals surface area contributed by atoms with E-state index < -0.39 is 0 Å². The summed E-state index contributed by atoms with van der Waals surface area (Å²) in [4.78, 5) is 11.0. The number of halogens is 1. The van der Waals surface area contributed by atoms with Gasteiger partial charge in [0.2, 0.25) is 5.91 Å². The van der Waals surface area contributed by atoms with Crippen LogP contribution in [0.5, 0.6) is 5.75 Å². The Morgan fingerprint density at radius 2 is 2.18 bits per heavy atom. The number of nitrogens with one attached hydrogen (secondary N) is 1. The Morgan fingerprint density at radius 3 is 2.82 bits per heavy atom. The number of amides is 1. The molecule has 0 heterocycles. The first-order chi connectivity index (χ1) is 8.02. The molecule has 17 heavy (non-hydrogen) atoms. The zero-order valence-electron chi connectivity index (χ0n) is 10.4. The van der Waals surface area contributed by atoms with E-state index >= 15 is 0 Å². The number of carbonyl (C=O) groups is 1. The number of hydrogen-bond acceptors (Lipinski definition) is 2. The molecule has 3 nitrogen and oxygen atoms in total. The second kappa shape index (κ2) is 6.50. The molecule has 0 bridgehead atoms. The van der Waals surface area contributed by atoms with Crippen molar-refractivity contribution in [3.63, 3.8) is 0 Å². The maximum absolute atomic E-state index is 11.0. The van der Waals surface area contributed by atoms with E-state index in [0.717, 1.165) is 16.9 Å². The summed E-state index contributed by atoms with van der Waals surface area (Å²) in [6, 6.07) is 6.06. The Hall–Kier alpha value is -1.22. The lowest BCUT2D eigenvalue weighted by Gasteiger charge is -2.17. The summed E-state index contributed by atoms with van der Waals surface area (Å²) in [6.45, 7) is 6.39. The monoisotopic (exact) mass is 255 g/mol. The highest BCUT2D eigenvalue weighted by Crippen LogP contribution is 2.20. The van der Waals surface area contributed by atoms with Gasteiger partial charge >= 0.3 is 0 Å². The predicted octanol–water partition coefficient (Wildman–Crippen LogP) is 2.43. The molecular weight excluding hydrogens is 238 g/mol. The molecule has 0 aliphatic heterocycles. The number of carbonyl (C=O) groups excluding carboxylic acids is 1. The fourth-order valence-corrected chi connectivity index (χ4v) is 1.49. The number of ether oxygens (including phenoxy) is 1. The largest absolute Gasteiger partial charge is 0.489 e. The molecule has 0 radical (unpaired) electrons. The average Bonchev–Trinajstić information content (AvgIpc) is 2.30. The molecular formula is C13H18ClNO2. The van der Waals surface area contributed by atoms with Crippen LogP contribution in [0.1, 0.15) is 18.1 Å². The minimum Gasteiger partial charge on any atom is -0.489 e. The van der Waals surface area contributed by atoms with Gasteiger partial charge in [-0.3, -0.25) is 4.79 Å². The zero-order valence-corrected chi connectivity index (χ0v) is 11.2. The van der Waals surface area contributed by atoms with Crippen LogP contribution in [0, 0.1) is 13.8 Å². The van der Waals surface area contributed by atoms with Crippen LogP contribution >= 0.6 is 11.6 Å². The van der Waals surface area contributed by atoms with Crippen molar-refractivity contribution >= 4 is 17.5 Å². The van der Waals surface area contributed by atoms with Crippen molar-refractivity contribution in [1.29, 1.82) is 0 Å². The molecule has 1 aromatic carbocycles. The van der Waals surface area contributed by atoms with E-state index in [4.69, 9.17) is 16.3 Å². The summed E-state index contributed by atoms with van der Waals surface area (Å²) in [5.74, 6) is 0.664. The minimum absolute atomic E-state index is 0.0177. The van der Waals surface area contributed by atoms with Crippen molar-refractivity contribution in [2.75, 3.05) is 12.4 Å². The van der Waals surface area contributed by atoms with Gasteiger partial charge in [0.15, 0.2) is 0 Å². The molecule has 1 unspecified atom stereocenters. The molecule has 0 spiro atoms. The van der Waals surface area contributed by atoms with Crippen LogP contribution in [-0.2, 0) is 4.79 Å². The van der Waals surface area contributed by atoms with E-state index in [2.05, 4.69) is 5.32 Å². The summed E-state index contributed by atoms with van der Waals surface area (Å²) in [6.07, 6.45) is -0.0809. The fraction of sp³-hybridized carbons (Fsp3) is 0.462. The summed E-state index contributed by atoms with van der Waals surface area (Å²) in [5, 5.41) is 2.69. The van der Waals surface area contributed by atoms with Crippen molar-refractivity contribution in [2.45, 2.75) is 26.9 Å². The molecule has 1 aromatic rings. The van der Waals surface area contributed by atoms with Crippen molar-refractivity contribution in [1.82, 2.24) is 5.32 Å². The molecule has 0 aliphatic rings. The Balaban J connectivity index is 2.52. The van der Waals surface area contributed by atoms with Crippen LogP contribution in [0.3, 0.4) is 0 Å². The van der Waals surface area contributed by atoms with Crippen LogP contribution in [0.25, 0.3) is 0 Å². The fourth-order valence-electron chi connectivity index (χ4n) is 1.40. The van der Waals surface area contributed by atoms with Crippen molar-refractivity contribution in [2.24, 2.45) is 0 Å². The third-order valence-electron chi connectivity index (χ3n) is 2.38. The molecule has 1 N–H and O–H groups in total. The third kappa shape index (κ3) is 4.65. The van der Waals surface area contributed by atoms with E-state index in [1.807, 2.05) is 39.0 Å². The van der Waals surface area contributed by atoms with Crippen LogP contribution < -0.4 is 10.1 Å². The number of rotatable bonds is 5. The molecule has 1 amide bonds. The van der Waals surface area contributed by atoms with Gasteiger partial charge in [0, 0.05) is 0 Å². The highest BCUT2D eigenvalue weighted by atomic mass is 35.5. The standard InChI is InChI=1S/C13H18ClNO2/c1-9-4-5-10(2)12(6-9)17-11(3)8-15-13(16)7-14/h4-6,11H,7-8H2,1-3H3,(H,15,16). The van der Waals surface area contributed by atoms with Crippen LogP contribution in [0.15, 0.2) is 18.2 Å². The van der Waals surface area contributed by atoms with E-state index in [9.17, 15) is 4.79 Å². The van der Waals surface area contributed by atoms with Crippen molar-refractivity contribution in [3.8, 4) is 5.75 Å². The molecule has 4 heteroatoms. The summed E-state index contributed by atoms with van der Waals surface area (Å²) < 4.78 is 5.76. The zero-order chi connectivity index (χ0) is 12.8. The second-order valence-electron chi connectivity index (χ2n) is 4.14. The number of alkyl halides is 1. The highest BCUT2D eigenvalue weighted by Gasteiger charge is 2.08. The van der Waals surface area contributed by atoms with Crippen LogP contribution in [0.2, 0.25) is 0 Å². The first-order valence-corrected chi connectivity index (χ1v) is 6.13. The lowest BCUT2D eigenvalue weighted by molar-refractivity contribution is -0.119. The SMILES string of the molecule is Cc1ccc(C)c(OC(C)CNC(=O)CCl)c1. The topological polar surface area (TPSA) is 38.3 Å². The van der Waals surface area contributed by atoms with Crippen molar-refractivity contribution in [3.05, 3.63) is 29.3 Å². The Kier molecular flexibility index (Phi) is 5.29. The van der Waals surface area contributed by atoms with Gasteiger partial charge in [0.05, 0.1) is 6.54 Å². The maximum atomic E-state index is 11.0. The van der Waals surface area contributed by atoms with Crippen molar-refractivity contribution < 1.29 is 9.53 Å². The van der Waals surface area contributed by atoms with Gasteiger partial charge in [-0.15, -0.1) is 11.6 Å². The normalized spacial score (nSPS) is 12.0. The Labute approximate surface area is 107 Å². The summed E-state index contributed by atoms with van der Waals surface area (Å²) in [5.41, 5.74) is 2.24. The quantitative estimate of drug-likeness (QED) is 0.821. The van der Waals surface area contributed by atoms with Gasteiger partial charge in [0.25, 0.3) is 0 Å². The number of hydrogen-bond donors (Lipinski definition) is 1. The molecule has 0 saturated heterocycles. The van der Waals surface area contributed by atoms with Gasteiger partial charge in [-0.2, -0.15) is 0 Å². The minimum atomic E-state index is -0.178. The lowest BCUT2D eigenvalue weighted by atomic mass is 10.1. The van der Waals surface area contributed by atoms with Gasteiger partial charge < -0.3 is 10.1 Å². The second-order valence-corrected chi connectivity index (χ2v) is 4.40. The molecule has 1 atom stereocenters. The summed E-state index contributed by atoms with van der Waals surface area (Å²) in [7, 11) is 0. The van der Waals surface area contributed by atoms with E-state index in [1.165, 1.54) is 0 Å². The first kappa shape index (κ1) is 13.8. The Bertz CT molecular complexity index is 393. The first-order valence-electron chi connectivity index (χ1n) is 5.59. The number of benzene rings is 1. The highest BCUT2D eigenvalue weighted by molar-refractivity contribution is 6.27. The lowest BCUT2D eigenvalue weighted by Crippen LogP contribution is -2.34. The van der Waals surface area contributed by atoms with E-state index in [1.54, 1.807) is 0 Å². The van der Waals surface area contributed by atoms with Gasteiger partial charge in [0.1, 0.15) is 17.7 Å². The molecule has 94 valence electrons. The van der Waals surface area contributed by atoms with E-state index in [0.29, 0.717) is 6.54 Å². The van der Waals surface area contributed by atoms with Crippen LogP contribution in [0.4, 0.5) is 0 Å². The predicted molar refractivity (Wildman–Crippen MR) is 69.7 cm³/mol. The van der Waals surface area contributed by atoms with Crippen LogP contribution in [-0.4, -0.2) is 24.4 Å². The van der Waals surface area contributed by atoms with Gasteiger partial charge in [-0.25, -0.2) is 0 Å². The summed E-state index contributed by atoms with van der Waals surface area (Å²) >= 11 is 5.39. The van der Waals surface area contributed by atoms with Gasteiger partial charge in [-0.05, 0) is 38.0 Å². The number of aryl methyl sites for hydroxylation is 2. The molecule has 0 saturated carbocycles.